The third-order valence-corrected chi connectivity index (χ3v) is 7.90. The molecule has 0 saturated carbocycles. The van der Waals surface area contributed by atoms with E-state index in [0.29, 0.717) is 58.9 Å². The number of nitrogens with one attached hydrogen (secondary N) is 2. The fraction of sp³-hybridized carbons (Fsp3) is 0.406. The van der Waals surface area contributed by atoms with Gasteiger partial charge in [-0.2, -0.15) is 0 Å². The molecule has 0 radical (unpaired) electrons. The molecule has 0 fully saturated rings. The molecule has 204 valence electrons. The van der Waals surface area contributed by atoms with Crippen LogP contribution in [-0.4, -0.2) is 24.1 Å². The number of carbonyl (C=O) groups excluding carboxylic acids is 3. The molecule has 2 aliphatic carbocycles. The Hall–Kier alpha value is -3.38. The second kappa shape index (κ2) is 9.98. The summed E-state index contributed by atoms with van der Waals surface area (Å²) in [6, 6.07) is 12.7. The van der Waals surface area contributed by atoms with E-state index in [1.165, 1.54) is 0 Å². The molecular weight excluding hydrogens is 512 g/mol. The van der Waals surface area contributed by atoms with Gasteiger partial charge in [-0.15, -0.1) is 0 Å². The first-order chi connectivity index (χ1) is 18.3. The van der Waals surface area contributed by atoms with Crippen molar-refractivity contribution in [3.63, 3.8) is 0 Å². The molecule has 1 amide bonds. The molecule has 39 heavy (non-hydrogen) atoms. The molecule has 5 rings (SSSR count). The summed E-state index contributed by atoms with van der Waals surface area (Å²) in [6.45, 7) is 10.1. The third kappa shape index (κ3) is 5.67. The van der Waals surface area contributed by atoms with Gasteiger partial charge < -0.3 is 15.4 Å². The minimum atomic E-state index is -0.600. The monoisotopic (exact) mass is 546 g/mol. The highest BCUT2D eigenvalue weighted by Gasteiger charge is 2.47. The Labute approximate surface area is 234 Å². The molecule has 6 nitrogen and oxygen atoms in total. The summed E-state index contributed by atoms with van der Waals surface area (Å²) < 4.78 is 6.06. The number of hydrogen-bond acceptors (Lipinski definition) is 5. The number of aryl methyl sites for hydroxylation is 1. The summed E-state index contributed by atoms with van der Waals surface area (Å²) in [4.78, 5) is 40.1. The molecule has 2 aromatic carbocycles. The van der Waals surface area contributed by atoms with Crippen LogP contribution in [0.2, 0.25) is 5.02 Å². The SMILES string of the molecule is Cc1cccc(NC(=O)COc2ccc(Cl)cc2C2C3=C(CC(C)(C)CC3=O)NC3=C2C(=O)CC(C)(C)C3)c1. The van der Waals surface area contributed by atoms with E-state index in [-0.39, 0.29) is 34.9 Å². The Kier molecular flexibility index (Phi) is 6.96. The molecule has 7 heteroatoms. The zero-order valence-corrected chi connectivity index (χ0v) is 23.9. The Bertz CT molecular complexity index is 1400. The number of hydrogen-bond donors (Lipinski definition) is 2. The molecule has 0 unspecified atom stereocenters. The lowest BCUT2D eigenvalue weighted by Crippen LogP contribution is -2.42. The highest BCUT2D eigenvalue weighted by molar-refractivity contribution is 6.30. The maximum atomic E-state index is 13.7. The van der Waals surface area contributed by atoms with Crippen molar-refractivity contribution in [3.8, 4) is 5.75 Å². The van der Waals surface area contributed by atoms with Gasteiger partial charge in [0.25, 0.3) is 5.91 Å². The number of ether oxygens (including phenoxy) is 1. The molecule has 1 aliphatic heterocycles. The first-order valence-corrected chi connectivity index (χ1v) is 13.8. The number of amides is 1. The zero-order valence-electron chi connectivity index (χ0n) is 23.2. The average molecular weight is 547 g/mol. The van der Waals surface area contributed by atoms with Crippen LogP contribution in [0.3, 0.4) is 0 Å². The number of rotatable bonds is 5. The van der Waals surface area contributed by atoms with E-state index in [4.69, 9.17) is 16.3 Å². The largest absolute Gasteiger partial charge is 0.483 e. The van der Waals surface area contributed by atoms with Crippen LogP contribution in [0.4, 0.5) is 5.69 Å². The lowest BCUT2D eigenvalue weighted by molar-refractivity contribution is -0.120. The number of ketones is 2. The van der Waals surface area contributed by atoms with Crippen molar-refractivity contribution in [2.75, 3.05) is 11.9 Å². The summed E-state index contributed by atoms with van der Waals surface area (Å²) >= 11 is 6.48. The van der Waals surface area contributed by atoms with Crippen LogP contribution >= 0.6 is 11.6 Å². The van der Waals surface area contributed by atoms with E-state index in [1.807, 2.05) is 31.2 Å². The molecule has 3 aliphatic rings. The van der Waals surface area contributed by atoms with Gasteiger partial charge in [-0.3, -0.25) is 14.4 Å². The van der Waals surface area contributed by atoms with Gasteiger partial charge in [-0.05, 0) is 66.5 Å². The van der Waals surface area contributed by atoms with Crippen LogP contribution in [0.1, 0.15) is 70.4 Å². The van der Waals surface area contributed by atoms with E-state index in [0.717, 1.165) is 17.0 Å². The predicted molar refractivity (Wildman–Crippen MR) is 153 cm³/mol. The Morgan fingerprint density at radius 1 is 0.949 bits per heavy atom. The van der Waals surface area contributed by atoms with Crippen molar-refractivity contribution in [2.24, 2.45) is 10.8 Å². The zero-order chi connectivity index (χ0) is 28.1. The molecule has 0 saturated heterocycles. The van der Waals surface area contributed by atoms with E-state index < -0.39 is 5.92 Å². The van der Waals surface area contributed by atoms with Gasteiger partial charge in [-0.25, -0.2) is 0 Å². The number of dihydropyridines is 1. The summed E-state index contributed by atoms with van der Waals surface area (Å²) in [5.74, 6) is -0.439. The van der Waals surface area contributed by atoms with Gasteiger partial charge in [0.1, 0.15) is 5.75 Å². The normalized spacial score (nSPS) is 20.3. The van der Waals surface area contributed by atoms with Crippen molar-refractivity contribution < 1.29 is 19.1 Å². The van der Waals surface area contributed by atoms with Crippen molar-refractivity contribution in [1.82, 2.24) is 5.32 Å². The van der Waals surface area contributed by atoms with Crippen LogP contribution < -0.4 is 15.4 Å². The molecule has 2 aromatic rings. The van der Waals surface area contributed by atoms with Gasteiger partial charge in [0.15, 0.2) is 18.2 Å². The number of allylic oxidation sites excluding steroid dienone is 4. The highest BCUT2D eigenvalue weighted by atomic mass is 35.5. The smallest absolute Gasteiger partial charge is 0.262 e. The van der Waals surface area contributed by atoms with Crippen LogP contribution in [0, 0.1) is 17.8 Å². The minimum Gasteiger partial charge on any atom is -0.483 e. The molecule has 2 N–H and O–H groups in total. The van der Waals surface area contributed by atoms with Crippen LogP contribution in [0.25, 0.3) is 0 Å². The lowest BCUT2D eigenvalue weighted by atomic mass is 9.64. The fourth-order valence-electron chi connectivity index (χ4n) is 6.14. The fourth-order valence-corrected chi connectivity index (χ4v) is 6.32. The quantitative estimate of drug-likeness (QED) is 0.439. The van der Waals surface area contributed by atoms with Gasteiger partial charge >= 0.3 is 0 Å². The summed E-state index contributed by atoms with van der Waals surface area (Å²) in [7, 11) is 0. The van der Waals surface area contributed by atoms with E-state index in [1.54, 1.807) is 18.2 Å². The summed E-state index contributed by atoms with van der Waals surface area (Å²) in [6.07, 6.45) is 2.18. The number of benzene rings is 2. The van der Waals surface area contributed by atoms with E-state index in [9.17, 15) is 14.4 Å². The average Bonchev–Trinajstić information content (AvgIpc) is 2.80. The second-order valence-corrected chi connectivity index (χ2v) is 13.0. The van der Waals surface area contributed by atoms with Gasteiger partial charge in [0.2, 0.25) is 0 Å². The van der Waals surface area contributed by atoms with Crippen molar-refractivity contribution in [1.29, 1.82) is 0 Å². The van der Waals surface area contributed by atoms with Crippen LogP contribution in [-0.2, 0) is 14.4 Å². The van der Waals surface area contributed by atoms with E-state index in [2.05, 4.69) is 38.3 Å². The molecule has 1 heterocycles. The van der Waals surface area contributed by atoms with Gasteiger partial charge in [0.05, 0.1) is 0 Å². The number of carbonyl (C=O) groups is 3. The minimum absolute atomic E-state index is 0.0195. The number of anilines is 1. The van der Waals surface area contributed by atoms with Gasteiger partial charge in [-0.1, -0.05) is 51.4 Å². The topological polar surface area (TPSA) is 84.5 Å². The van der Waals surface area contributed by atoms with Crippen LogP contribution in [0.15, 0.2) is 65.0 Å². The third-order valence-electron chi connectivity index (χ3n) is 7.66. The first kappa shape index (κ1) is 27.2. The highest BCUT2D eigenvalue weighted by Crippen LogP contribution is 2.52. The second-order valence-electron chi connectivity index (χ2n) is 12.6. The van der Waals surface area contributed by atoms with Crippen LogP contribution in [0.5, 0.6) is 5.75 Å². The molecule has 0 bridgehead atoms. The maximum Gasteiger partial charge on any atom is 0.262 e. The standard InChI is InChI=1S/C32H35ClN2O4/c1-18-7-6-8-20(11-18)34-27(38)17-39-26-10-9-19(33)12-21(26)28-29-22(13-31(2,3)15-24(29)36)35-23-14-32(4,5)16-25(37)30(23)28/h6-12,28,35H,13-17H2,1-5H3,(H,34,38). The first-order valence-electron chi connectivity index (χ1n) is 13.4. The van der Waals surface area contributed by atoms with Gasteiger partial charge in [0, 0.05) is 57.6 Å². The maximum absolute atomic E-state index is 13.7. The Balaban J connectivity index is 1.54. The Morgan fingerprint density at radius 2 is 1.56 bits per heavy atom. The van der Waals surface area contributed by atoms with Crippen molar-refractivity contribution in [2.45, 2.75) is 66.2 Å². The summed E-state index contributed by atoms with van der Waals surface area (Å²) in [5, 5.41) is 6.85. The molecule has 0 aromatic heterocycles. The van der Waals surface area contributed by atoms with Crippen molar-refractivity contribution >= 4 is 34.8 Å². The number of Topliss-reactive ketones (excluding diaryl/α,β-unsaturated/α-hetero) is 2. The summed E-state index contributed by atoms with van der Waals surface area (Å²) in [5.41, 5.74) is 4.93. The predicted octanol–water partition coefficient (Wildman–Crippen LogP) is 6.64. The number of halogens is 1. The Morgan fingerprint density at radius 3 is 2.15 bits per heavy atom. The van der Waals surface area contributed by atoms with Crippen molar-refractivity contribution in [3.05, 3.63) is 81.2 Å². The molecule has 0 spiro atoms. The van der Waals surface area contributed by atoms with E-state index >= 15 is 0 Å². The molecular formula is C32H35ClN2O4. The molecule has 0 atom stereocenters. The lowest BCUT2D eigenvalue weighted by Gasteiger charge is -2.44.